The Kier molecular flexibility index (Phi) is 3.76. The van der Waals surface area contributed by atoms with Crippen molar-refractivity contribution in [3.63, 3.8) is 0 Å². The summed E-state index contributed by atoms with van der Waals surface area (Å²) in [5.41, 5.74) is 0.251. The summed E-state index contributed by atoms with van der Waals surface area (Å²) in [5.74, 6) is 0.652. The Balaban J connectivity index is 2.44. The standard InChI is InChI=1S/C11H22N2S/c1-9(2)8-12-10(14)13-7-5-6-11(13,3)4/h9H,5-8H2,1-4H3,(H,12,14). The van der Waals surface area contributed by atoms with E-state index < -0.39 is 0 Å². The maximum Gasteiger partial charge on any atom is 0.169 e. The zero-order chi connectivity index (χ0) is 10.8. The SMILES string of the molecule is CC(C)CNC(=S)N1CCCC1(C)C. The lowest BCUT2D eigenvalue weighted by atomic mass is 10.0. The molecule has 1 fully saturated rings. The Labute approximate surface area is 93.1 Å². The van der Waals surface area contributed by atoms with Crippen LogP contribution in [0.4, 0.5) is 0 Å². The van der Waals surface area contributed by atoms with Crippen LogP contribution in [0.1, 0.15) is 40.5 Å². The molecule has 0 bridgehead atoms. The topological polar surface area (TPSA) is 15.3 Å². The predicted molar refractivity (Wildman–Crippen MR) is 65.5 cm³/mol. The molecule has 1 saturated heterocycles. The highest BCUT2D eigenvalue weighted by Crippen LogP contribution is 2.27. The molecule has 0 amide bonds. The summed E-state index contributed by atoms with van der Waals surface area (Å²) in [6, 6.07) is 0. The van der Waals surface area contributed by atoms with Crippen LogP contribution >= 0.6 is 12.2 Å². The monoisotopic (exact) mass is 214 g/mol. The minimum Gasteiger partial charge on any atom is -0.362 e. The summed E-state index contributed by atoms with van der Waals surface area (Å²) < 4.78 is 0. The molecule has 0 unspecified atom stereocenters. The molecule has 0 saturated carbocycles. The Morgan fingerprint density at radius 3 is 2.57 bits per heavy atom. The number of nitrogens with one attached hydrogen (secondary N) is 1. The molecule has 2 nitrogen and oxygen atoms in total. The van der Waals surface area contributed by atoms with E-state index in [-0.39, 0.29) is 5.54 Å². The van der Waals surface area contributed by atoms with Crippen LogP contribution in [-0.4, -0.2) is 28.6 Å². The number of nitrogens with zero attached hydrogens (tertiary/aromatic N) is 1. The summed E-state index contributed by atoms with van der Waals surface area (Å²) in [4.78, 5) is 2.32. The van der Waals surface area contributed by atoms with E-state index in [1.54, 1.807) is 0 Å². The Bertz CT molecular complexity index is 211. The first-order chi connectivity index (χ1) is 6.43. The molecular weight excluding hydrogens is 192 g/mol. The van der Waals surface area contributed by atoms with Crippen LogP contribution in [0.2, 0.25) is 0 Å². The zero-order valence-corrected chi connectivity index (χ0v) is 10.6. The van der Waals surface area contributed by atoms with Gasteiger partial charge in [-0.2, -0.15) is 0 Å². The van der Waals surface area contributed by atoms with Crippen molar-refractivity contribution in [3.8, 4) is 0 Å². The zero-order valence-electron chi connectivity index (χ0n) is 9.76. The van der Waals surface area contributed by atoms with Gasteiger partial charge in [-0.05, 0) is 44.8 Å². The van der Waals surface area contributed by atoms with Gasteiger partial charge in [0.1, 0.15) is 0 Å². The molecule has 0 aromatic heterocycles. The summed E-state index contributed by atoms with van der Waals surface area (Å²) in [6.45, 7) is 11.0. The highest BCUT2D eigenvalue weighted by atomic mass is 32.1. The molecule has 3 heteroatoms. The number of likely N-dealkylation sites (tertiary alicyclic amines) is 1. The van der Waals surface area contributed by atoms with E-state index in [1.165, 1.54) is 12.8 Å². The van der Waals surface area contributed by atoms with Crippen molar-refractivity contribution in [2.24, 2.45) is 5.92 Å². The number of thiocarbonyl (C=S) groups is 1. The second-order valence-corrected chi connectivity index (χ2v) is 5.53. The van der Waals surface area contributed by atoms with Gasteiger partial charge in [0, 0.05) is 18.6 Å². The molecule has 0 aliphatic carbocycles. The summed E-state index contributed by atoms with van der Waals surface area (Å²) in [5, 5.41) is 4.27. The fourth-order valence-corrected chi connectivity index (χ4v) is 2.29. The maximum absolute atomic E-state index is 5.40. The van der Waals surface area contributed by atoms with Gasteiger partial charge in [-0.15, -0.1) is 0 Å². The van der Waals surface area contributed by atoms with Gasteiger partial charge in [-0.25, -0.2) is 0 Å². The van der Waals surface area contributed by atoms with Gasteiger partial charge in [0.2, 0.25) is 0 Å². The third-order valence-electron chi connectivity index (χ3n) is 2.81. The Hall–Kier alpha value is -0.310. The van der Waals surface area contributed by atoms with Crippen molar-refractivity contribution >= 4 is 17.3 Å². The molecule has 1 aliphatic rings. The predicted octanol–water partition coefficient (Wildman–Crippen LogP) is 2.39. The van der Waals surface area contributed by atoms with E-state index in [9.17, 15) is 0 Å². The third-order valence-corrected chi connectivity index (χ3v) is 3.17. The summed E-state index contributed by atoms with van der Waals surface area (Å²) >= 11 is 5.40. The average Bonchev–Trinajstić information content (AvgIpc) is 2.41. The fraction of sp³-hybridized carbons (Fsp3) is 0.909. The molecule has 82 valence electrons. The molecule has 14 heavy (non-hydrogen) atoms. The van der Waals surface area contributed by atoms with Crippen LogP contribution in [0.25, 0.3) is 0 Å². The van der Waals surface area contributed by atoms with Gasteiger partial charge in [0.15, 0.2) is 5.11 Å². The number of hydrogen-bond acceptors (Lipinski definition) is 1. The lowest BCUT2D eigenvalue weighted by Gasteiger charge is -2.34. The molecule has 0 radical (unpaired) electrons. The smallest absolute Gasteiger partial charge is 0.169 e. The Morgan fingerprint density at radius 2 is 2.14 bits per heavy atom. The Morgan fingerprint density at radius 1 is 1.50 bits per heavy atom. The van der Waals surface area contributed by atoms with E-state index in [0.29, 0.717) is 5.92 Å². The van der Waals surface area contributed by atoms with Crippen LogP contribution in [0.3, 0.4) is 0 Å². The molecule has 0 spiro atoms. The minimum absolute atomic E-state index is 0.251. The summed E-state index contributed by atoms with van der Waals surface area (Å²) in [6.07, 6.45) is 2.51. The van der Waals surface area contributed by atoms with Gasteiger partial charge in [0.05, 0.1) is 0 Å². The van der Waals surface area contributed by atoms with Crippen molar-refractivity contribution in [1.29, 1.82) is 0 Å². The van der Waals surface area contributed by atoms with Gasteiger partial charge >= 0.3 is 0 Å². The number of hydrogen-bond donors (Lipinski definition) is 1. The van der Waals surface area contributed by atoms with Gasteiger partial charge in [0.25, 0.3) is 0 Å². The fourth-order valence-electron chi connectivity index (χ4n) is 1.87. The molecule has 1 heterocycles. The normalized spacial score (nSPS) is 20.2. The van der Waals surface area contributed by atoms with Crippen molar-refractivity contribution < 1.29 is 0 Å². The quantitative estimate of drug-likeness (QED) is 0.711. The van der Waals surface area contributed by atoms with Crippen molar-refractivity contribution in [2.75, 3.05) is 13.1 Å². The van der Waals surface area contributed by atoms with Gasteiger partial charge in [-0.1, -0.05) is 13.8 Å². The molecular formula is C11H22N2S. The lowest BCUT2D eigenvalue weighted by Crippen LogP contribution is -2.48. The van der Waals surface area contributed by atoms with Crippen LogP contribution in [0, 0.1) is 5.92 Å². The van der Waals surface area contributed by atoms with E-state index >= 15 is 0 Å². The molecule has 0 aromatic rings. The van der Waals surface area contributed by atoms with Gasteiger partial charge < -0.3 is 10.2 Å². The highest BCUT2D eigenvalue weighted by Gasteiger charge is 2.33. The van der Waals surface area contributed by atoms with E-state index in [4.69, 9.17) is 12.2 Å². The second-order valence-electron chi connectivity index (χ2n) is 5.15. The van der Waals surface area contributed by atoms with Crippen LogP contribution < -0.4 is 5.32 Å². The number of rotatable bonds is 2. The van der Waals surface area contributed by atoms with Crippen LogP contribution in [0.5, 0.6) is 0 Å². The molecule has 1 N–H and O–H groups in total. The van der Waals surface area contributed by atoms with Crippen LogP contribution in [0.15, 0.2) is 0 Å². The molecule has 0 atom stereocenters. The van der Waals surface area contributed by atoms with E-state index in [1.807, 2.05) is 0 Å². The lowest BCUT2D eigenvalue weighted by molar-refractivity contribution is 0.277. The first-order valence-corrected chi connectivity index (χ1v) is 5.90. The first kappa shape index (κ1) is 11.8. The van der Waals surface area contributed by atoms with Crippen molar-refractivity contribution in [3.05, 3.63) is 0 Å². The summed E-state index contributed by atoms with van der Waals surface area (Å²) in [7, 11) is 0. The maximum atomic E-state index is 5.40. The van der Waals surface area contributed by atoms with E-state index in [2.05, 4.69) is 37.9 Å². The van der Waals surface area contributed by atoms with E-state index in [0.717, 1.165) is 18.2 Å². The van der Waals surface area contributed by atoms with Crippen molar-refractivity contribution in [1.82, 2.24) is 10.2 Å². The highest BCUT2D eigenvalue weighted by molar-refractivity contribution is 7.80. The second kappa shape index (κ2) is 4.47. The van der Waals surface area contributed by atoms with Gasteiger partial charge in [-0.3, -0.25) is 0 Å². The molecule has 1 rings (SSSR count). The van der Waals surface area contributed by atoms with Crippen LogP contribution in [-0.2, 0) is 0 Å². The minimum atomic E-state index is 0.251. The first-order valence-electron chi connectivity index (χ1n) is 5.49. The third kappa shape index (κ3) is 2.84. The molecule has 1 aliphatic heterocycles. The van der Waals surface area contributed by atoms with Crippen molar-refractivity contribution in [2.45, 2.75) is 46.1 Å². The largest absolute Gasteiger partial charge is 0.362 e. The average molecular weight is 214 g/mol. The molecule has 0 aromatic carbocycles.